The minimum atomic E-state index is 0.674. The molecule has 12 heavy (non-hydrogen) atoms. The second kappa shape index (κ2) is 4.53. The quantitative estimate of drug-likeness (QED) is 0.673. The SMILES string of the molecule is Cc1occc1CN(C)CCCl. The molecular weight excluding hydrogens is 174 g/mol. The molecule has 68 valence electrons. The van der Waals surface area contributed by atoms with Gasteiger partial charge in [0.25, 0.3) is 0 Å². The first-order chi connectivity index (χ1) is 5.74. The average Bonchev–Trinajstić information content (AvgIpc) is 2.37. The Kier molecular flexibility index (Phi) is 3.63. The van der Waals surface area contributed by atoms with Gasteiger partial charge in [0, 0.05) is 24.5 Å². The maximum atomic E-state index is 5.61. The van der Waals surface area contributed by atoms with Crippen molar-refractivity contribution in [3.8, 4) is 0 Å². The third-order valence-electron chi connectivity index (χ3n) is 1.87. The molecule has 0 fully saturated rings. The first-order valence-corrected chi connectivity index (χ1v) is 4.55. The molecule has 0 spiro atoms. The van der Waals surface area contributed by atoms with E-state index in [-0.39, 0.29) is 0 Å². The van der Waals surface area contributed by atoms with Gasteiger partial charge in [-0.1, -0.05) is 0 Å². The molecule has 0 unspecified atom stereocenters. The summed E-state index contributed by atoms with van der Waals surface area (Å²) in [7, 11) is 2.05. The van der Waals surface area contributed by atoms with Gasteiger partial charge < -0.3 is 9.32 Å². The van der Waals surface area contributed by atoms with Crippen LogP contribution in [0.25, 0.3) is 0 Å². The number of furan rings is 1. The van der Waals surface area contributed by atoms with Gasteiger partial charge in [0.2, 0.25) is 0 Å². The maximum absolute atomic E-state index is 5.61. The highest BCUT2D eigenvalue weighted by Crippen LogP contribution is 2.10. The molecule has 0 bridgehead atoms. The van der Waals surface area contributed by atoms with Gasteiger partial charge in [0.1, 0.15) is 5.76 Å². The summed E-state index contributed by atoms with van der Waals surface area (Å²) >= 11 is 5.61. The van der Waals surface area contributed by atoms with E-state index >= 15 is 0 Å². The van der Waals surface area contributed by atoms with Crippen LogP contribution in [-0.4, -0.2) is 24.4 Å². The van der Waals surface area contributed by atoms with Crippen molar-refractivity contribution in [3.63, 3.8) is 0 Å². The van der Waals surface area contributed by atoms with Gasteiger partial charge in [-0.05, 0) is 20.0 Å². The molecule has 0 saturated carbocycles. The van der Waals surface area contributed by atoms with Crippen LogP contribution in [0, 0.1) is 6.92 Å². The molecule has 1 heterocycles. The predicted molar refractivity (Wildman–Crippen MR) is 50.5 cm³/mol. The topological polar surface area (TPSA) is 16.4 Å². The molecule has 3 heteroatoms. The normalized spacial score (nSPS) is 11.0. The lowest BCUT2D eigenvalue weighted by Crippen LogP contribution is -2.20. The van der Waals surface area contributed by atoms with E-state index in [0.717, 1.165) is 18.8 Å². The van der Waals surface area contributed by atoms with Gasteiger partial charge in [-0.3, -0.25) is 0 Å². The zero-order valence-corrected chi connectivity index (χ0v) is 8.27. The number of halogens is 1. The van der Waals surface area contributed by atoms with Crippen molar-refractivity contribution in [2.75, 3.05) is 19.5 Å². The molecule has 1 aromatic rings. The molecule has 0 aliphatic heterocycles. The zero-order chi connectivity index (χ0) is 8.97. The highest BCUT2D eigenvalue weighted by molar-refractivity contribution is 6.18. The Bertz CT molecular complexity index is 234. The Morgan fingerprint density at radius 2 is 2.33 bits per heavy atom. The molecule has 2 nitrogen and oxygen atoms in total. The number of hydrogen-bond donors (Lipinski definition) is 0. The molecule has 0 radical (unpaired) electrons. The van der Waals surface area contributed by atoms with E-state index in [4.69, 9.17) is 16.0 Å². The third kappa shape index (κ3) is 2.54. The van der Waals surface area contributed by atoms with E-state index in [1.165, 1.54) is 5.56 Å². The van der Waals surface area contributed by atoms with E-state index in [1.807, 2.05) is 13.0 Å². The standard InChI is InChI=1S/C9H14ClNO/c1-8-9(3-6-12-8)7-11(2)5-4-10/h3,6H,4-5,7H2,1-2H3. The molecule has 0 aliphatic carbocycles. The summed E-state index contributed by atoms with van der Waals surface area (Å²) in [5.74, 6) is 1.67. The molecule has 0 aromatic carbocycles. The van der Waals surface area contributed by atoms with Crippen molar-refractivity contribution in [3.05, 3.63) is 23.7 Å². The molecule has 0 atom stereocenters. The first-order valence-electron chi connectivity index (χ1n) is 4.01. The van der Waals surface area contributed by atoms with Crippen LogP contribution in [0.1, 0.15) is 11.3 Å². The Hall–Kier alpha value is -0.470. The summed E-state index contributed by atoms with van der Waals surface area (Å²) in [4.78, 5) is 2.17. The Labute approximate surface area is 78.1 Å². The predicted octanol–water partition coefficient (Wildman–Crippen LogP) is 2.26. The van der Waals surface area contributed by atoms with E-state index < -0.39 is 0 Å². The summed E-state index contributed by atoms with van der Waals surface area (Å²) in [6.07, 6.45) is 1.72. The van der Waals surface area contributed by atoms with Gasteiger partial charge in [0.15, 0.2) is 0 Å². The van der Waals surface area contributed by atoms with Crippen LogP contribution < -0.4 is 0 Å². The molecule has 0 amide bonds. The van der Waals surface area contributed by atoms with Crippen molar-refractivity contribution < 1.29 is 4.42 Å². The largest absolute Gasteiger partial charge is 0.469 e. The zero-order valence-electron chi connectivity index (χ0n) is 7.51. The minimum absolute atomic E-state index is 0.674. The molecule has 0 N–H and O–H groups in total. The first kappa shape index (κ1) is 9.62. The van der Waals surface area contributed by atoms with Crippen molar-refractivity contribution in [1.29, 1.82) is 0 Å². The lowest BCUT2D eigenvalue weighted by Gasteiger charge is -2.13. The van der Waals surface area contributed by atoms with Gasteiger partial charge in [-0.15, -0.1) is 11.6 Å². The number of nitrogens with zero attached hydrogens (tertiary/aromatic N) is 1. The Morgan fingerprint density at radius 1 is 1.58 bits per heavy atom. The number of alkyl halides is 1. The summed E-state index contributed by atoms with van der Waals surface area (Å²) < 4.78 is 5.18. The number of aryl methyl sites for hydroxylation is 1. The maximum Gasteiger partial charge on any atom is 0.105 e. The second-order valence-corrected chi connectivity index (χ2v) is 3.31. The van der Waals surface area contributed by atoms with Crippen LogP contribution in [0.15, 0.2) is 16.7 Å². The lowest BCUT2D eigenvalue weighted by atomic mass is 10.2. The third-order valence-corrected chi connectivity index (χ3v) is 2.04. The molecule has 1 rings (SSSR count). The fraction of sp³-hybridized carbons (Fsp3) is 0.556. The van der Waals surface area contributed by atoms with E-state index in [9.17, 15) is 0 Å². The minimum Gasteiger partial charge on any atom is -0.469 e. The smallest absolute Gasteiger partial charge is 0.105 e. The van der Waals surface area contributed by atoms with Crippen LogP contribution in [0.5, 0.6) is 0 Å². The highest BCUT2D eigenvalue weighted by atomic mass is 35.5. The van der Waals surface area contributed by atoms with Gasteiger partial charge in [-0.2, -0.15) is 0 Å². The van der Waals surface area contributed by atoms with Crippen LogP contribution in [0.4, 0.5) is 0 Å². The lowest BCUT2D eigenvalue weighted by molar-refractivity contribution is 0.344. The Balaban J connectivity index is 2.46. The van der Waals surface area contributed by atoms with E-state index in [1.54, 1.807) is 6.26 Å². The van der Waals surface area contributed by atoms with Crippen molar-refractivity contribution in [1.82, 2.24) is 4.90 Å². The van der Waals surface area contributed by atoms with Crippen molar-refractivity contribution in [2.24, 2.45) is 0 Å². The van der Waals surface area contributed by atoms with Crippen LogP contribution in [0.3, 0.4) is 0 Å². The summed E-state index contributed by atoms with van der Waals surface area (Å²) in [6.45, 7) is 3.80. The molecule has 0 aliphatic rings. The molecule has 0 saturated heterocycles. The van der Waals surface area contributed by atoms with E-state index in [2.05, 4.69) is 11.9 Å². The van der Waals surface area contributed by atoms with Gasteiger partial charge in [-0.25, -0.2) is 0 Å². The van der Waals surface area contributed by atoms with Crippen LogP contribution >= 0.6 is 11.6 Å². The van der Waals surface area contributed by atoms with Gasteiger partial charge in [0.05, 0.1) is 6.26 Å². The monoisotopic (exact) mass is 187 g/mol. The highest BCUT2D eigenvalue weighted by Gasteiger charge is 2.03. The molecular formula is C9H14ClNO. The van der Waals surface area contributed by atoms with Crippen LogP contribution in [-0.2, 0) is 6.54 Å². The molecule has 1 aromatic heterocycles. The fourth-order valence-corrected chi connectivity index (χ4v) is 1.38. The number of hydrogen-bond acceptors (Lipinski definition) is 2. The van der Waals surface area contributed by atoms with Crippen molar-refractivity contribution in [2.45, 2.75) is 13.5 Å². The summed E-state index contributed by atoms with van der Waals surface area (Å²) in [5.41, 5.74) is 1.24. The average molecular weight is 188 g/mol. The van der Waals surface area contributed by atoms with E-state index in [0.29, 0.717) is 5.88 Å². The number of rotatable bonds is 4. The fourth-order valence-electron chi connectivity index (χ4n) is 1.09. The summed E-state index contributed by atoms with van der Waals surface area (Å²) in [5, 5.41) is 0. The summed E-state index contributed by atoms with van der Waals surface area (Å²) in [6, 6.07) is 2.00. The van der Waals surface area contributed by atoms with Gasteiger partial charge >= 0.3 is 0 Å². The van der Waals surface area contributed by atoms with Crippen molar-refractivity contribution >= 4 is 11.6 Å². The van der Waals surface area contributed by atoms with Crippen LogP contribution in [0.2, 0.25) is 0 Å². The second-order valence-electron chi connectivity index (χ2n) is 2.93. The Morgan fingerprint density at radius 3 is 2.83 bits per heavy atom.